The first kappa shape index (κ1) is 13.1. The summed E-state index contributed by atoms with van der Waals surface area (Å²) < 4.78 is 9.69. The lowest BCUT2D eigenvalue weighted by molar-refractivity contribution is -0.169. The molecule has 0 rings (SSSR count). The van der Waals surface area contributed by atoms with Crippen LogP contribution >= 0.6 is 0 Å². The summed E-state index contributed by atoms with van der Waals surface area (Å²) in [7, 11) is 0. The number of carbonyl (C=O) groups excluding carboxylic acids is 2. The molecule has 0 N–H and O–H groups in total. The standard InChI is InChI=1S/C10H18O4/c1-5-10(4,8(3)11)9(12)14-7-13-6-2/h5-7H2,1-4H3. The third-order valence-corrected chi connectivity index (χ3v) is 2.41. The van der Waals surface area contributed by atoms with Crippen LogP contribution < -0.4 is 0 Å². The van der Waals surface area contributed by atoms with Crippen LogP contribution in [0.15, 0.2) is 0 Å². The van der Waals surface area contributed by atoms with Crippen molar-refractivity contribution < 1.29 is 19.1 Å². The van der Waals surface area contributed by atoms with Gasteiger partial charge >= 0.3 is 5.97 Å². The van der Waals surface area contributed by atoms with Crippen molar-refractivity contribution in [1.82, 2.24) is 0 Å². The Kier molecular flexibility index (Phi) is 5.38. The monoisotopic (exact) mass is 202 g/mol. The Morgan fingerprint density at radius 2 is 1.86 bits per heavy atom. The highest BCUT2D eigenvalue weighted by molar-refractivity contribution is 6.02. The Bertz CT molecular complexity index is 212. The number of rotatable bonds is 6. The van der Waals surface area contributed by atoms with Crippen molar-refractivity contribution in [1.29, 1.82) is 0 Å². The van der Waals surface area contributed by atoms with Crippen LogP contribution in [0.2, 0.25) is 0 Å². The molecule has 0 saturated heterocycles. The second-order valence-corrected chi connectivity index (χ2v) is 3.28. The third kappa shape index (κ3) is 3.10. The lowest BCUT2D eigenvalue weighted by Crippen LogP contribution is -2.36. The van der Waals surface area contributed by atoms with Gasteiger partial charge in [0.15, 0.2) is 6.79 Å². The fourth-order valence-corrected chi connectivity index (χ4v) is 0.875. The van der Waals surface area contributed by atoms with Gasteiger partial charge in [-0.1, -0.05) is 6.92 Å². The second-order valence-electron chi connectivity index (χ2n) is 3.28. The molecule has 4 nitrogen and oxygen atoms in total. The van der Waals surface area contributed by atoms with Crippen LogP contribution in [0.4, 0.5) is 0 Å². The quantitative estimate of drug-likeness (QED) is 0.284. The van der Waals surface area contributed by atoms with Gasteiger partial charge in [0, 0.05) is 6.61 Å². The van der Waals surface area contributed by atoms with E-state index in [1.54, 1.807) is 20.8 Å². The molecule has 0 aromatic heterocycles. The molecule has 0 radical (unpaired) electrons. The van der Waals surface area contributed by atoms with Crippen LogP contribution in [0, 0.1) is 5.41 Å². The molecular weight excluding hydrogens is 184 g/mol. The molecular formula is C10H18O4. The third-order valence-electron chi connectivity index (χ3n) is 2.41. The zero-order valence-corrected chi connectivity index (χ0v) is 9.25. The number of ether oxygens (including phenoxy) is 2. The maximum atomic E-state index is 11.5. The summed E-state index contributed by atoms with van der Waals surface area (Å²) in [5, 5.41) is 0. The van der Waals surface area contributed by atoms with Gasteiger partial charge < -0.3 is 9.47 Å². The topological polar surface area (TPSA) is 52.6 Å². The van der Waals surface area contributed by atoms with Crippen LogP contribution in [0.5, 0.6) is 0 Å². The smallest absolute Gasteiger partial charge is 0.321 e. The molecule has 0 aliphatic carbocycles. The Hall–Kier alpha value is -0.900. The Labute approximate surface area is 84.6 Å². The van der Waals surface area contributed by atoms with E-state index in [0.29, 0.717) is 13.0 Å². The van der Waals surface area contributed by atoms with E-state index >= 15 is 0 Å². The average molecular weight is 202 g/mol. The van der Waals surface area contributed by atoms with Crippen LogP contribution in [-0.2, 0) is 19.1 Å². The first-order valence-electron chi connectivity index (χ1n) is 4.75. The van der Waals surface area contributed by atoms with Gasteiger partial charge in [-0.25, -0.2) is 0 Å². The molecule has 0 spiro atoms. The van der Waals surface area contributed by atoms with Crippen molar-refractivity contribution in [2.24, 2.45) is 5.41 Å². The molecule has 0 aromatic rings. The van der Waals surface area contributed by atoms with E-state index in [1.807, 2.05) is 0 Å². The van der Waals surface area contributed by atoms with Crippen LogP contribution in [-0.4, -0.2) is 25.2 Å². The van der Waals surface area contributed by atoms with Crippen molar-refractivity contribution in [3.8, 4) is 0 Å². The van der Waals surface area contributed by atoms with E-state index in [-0.39, 0.29) is 12.6 Å². The minimum Gasteiger partial charge on any atom is -0.438 e. The van der Waals surface area contributed by atoms with E-state index in [0.717, 1.165) is 0 Å². The fraction of sp³-hybridized carbons (Fsp3) is 0.800. The zero-order valence-electron chi connectivity index (χ0n) is 9.25. The van der Waals surface area contributed by atoms with E-state index in [1.165, 1.54) is 6.92 Å². The number of ketones is 1. The van der Waals surface area contributed by atoms with Gasteiger partial charge in [-0.15, -0.1) is 0 Å². The predicted molar refractivity (Wildman–Crippen MR) is 51.7 cm³/mol. The number of hydrogen-bond donors (Lipinski definition) is 0. The van der Waals surface area contributed by atoms with E-state index in [4.69, 9.17) is 9.47 Å². The van der Waals surface area contributed by atoms with Crippen LogP contribution in [0.1, 0.15) is 34.1 Å². The summed E-state index contributed by atoms with van der Waals surface area (Å²) in [4.78, 5) is 22.7. The van der Waals surface area contributed by atoms with Crippen LogP contribution in [0.25, 0.3) is 0 Å². The molecule has 0 aliphatic heterocycles. The molecule has 1 unspecified atom stereocenters. The highest BCUT2D eigenvalue weighted by Gasteiger charge is 2.37. The molecule has 0 saturated carbocycles. The number of carbonyl (C=O) groups is 2. The number of Topliss-reactive ketones (excluding diaryl/α,β-unsaturated/α-hetero) is 1. The largest absolute Gasteiger partial charge is 0.438 e. The summed E-state index contributed by atoms with van der Waals surface area (Å²) in [6.07, 6.45) is 0.438. The maximum absolute atomic E-state index is 11.5. The first-order chi connectivity index (χ1) is 6.49. The van der Waals surface area contributed by atoms with Gasteiger partial charge in [0.25, 0.3) is 0 Å². The van der Waals surface area contributed by atoms with Crippen molar-refractivity contribution >= 4 is 11.8 Å². The van der Waals surface area contributed by atoms with Gasteiger partial charge in [-0.2, -0.15) is 0 Å². The number of hydrogen-bond acceptors (Lipinski definition) is 4. The molecule has 82 valence electrons. The molecule has 0 bridgehead atoms. The number of esters is 1. The molecule has 1 atom stereocenters. The van der Waals surface area contributed by atoms with E-state index < -0.39 is 11.4 Å². The van der Waals surface area contributed by atoms with Gasteiger partial charge in [0.1, 0.15) is 11.2 Å². The summed E-state index contributed by atoms with van der Waals surface area (Å²) in [6, 6.07) is 0. The lowest BCUT2D eigenvalue weighted by atomic mass is 9.84. The lowest BCUT2D eigenvalue weighted by Gasteiger charge is -2.22. The SMILES string of the molecule is CCOCOC(=O)C(C)(CC)C(C)=O. The highest BCUT2D eigenvalue weighted by atomic mass is 16.7. The average Bonchev–Trinajstić information content (AvgIpc) is 2.16. The van der Waals surface area contributed by atoms with Crippen LogP contribution in [0.3, 0.4) is 0 Å². The first-order valence-corrected chi connectivity index (χ1v) is 4.75. The second kappa shape index (κ2) is 5.75. The predicted octanol–water partition coefficient (Wildman–Crippen LogP) is 1.53. The molecule has 0 amide bonds. The molecule has 0 aliphatic rings. The highest BCUT2D eigenvalue weighted by Crippen LogP contribution is 2.24. The van der Waals surface area contributed by atoms with Gasteiger partial charge in [-0.05, 0) is 27.2 Å². The minimum absolute atomic E-state index is 0.0851. The van der Waals surface area contributed by atoms with E-state index in [2.05, 4.69) is 0 Å². The molecule has 4 heteroatoms. The van der Waals surface area contributed by atoms with Gasteiger partial charge in [0.05, 0.1) is 0 Å². The minimum atomic E-state index is -1.03. The summed E-state index contributed by atoms with van der Waals surface area (Å²) in [5.74, 6) is -0.692. The maximum Gasteiger partial charge on any atom is 0.321 e. The van der Waals surface area contributed by atoms with Crippen molar-refractivity contribution in [2.45, 2.75) is 34.1 Å². The Balaban J connectivity index is 4.25. The molecule has 0 aromatic carbocycles. The van der Waals surface area contributed by atoms with E-state index in [9.17, 15) is 9.59 Å². The molecule has 0 fully saturated rings. The zero-order chi connectivity index (χ0) is 11.2. The molecule has 0 heterocycles. The normalized spacial score (nSPS) is 14.6. The van der Waals surface area contributed by atoms with Crippen molar-refractivity contribution in [3.63, 3.8) is 0 Å². The summed E-state index contributed by atoms with van der Waals surface area (Å²) >= 11 is 0. The van der Waals surface area contributed by atoms with Gasteiger partial charge in [-0.3, -0.25) is 9.59 Å². The van der Waals surface area contributed by atoms with Crippen molar-refractivity contribution in [3.05, 3.63) is 0 Å². The molecule has 14 heavy (non-hydrogen) atoms. The fourth-order valence-electron chi connectivity index (χ4n) is 0.875. The Morgan fingerprint density at radius 1 is 1.29 bits per heavy atom. The van der Waals surface area contributed by atoms with Gasteiger partial charge in [0.2, 0.25) is 0 Å². The summed E-state index contributed by atoms with van der Waals surface area (Å²) in [5.41, 5.74) is -1.03. The Morgan fingerprint density at radius 3 is 2.21 bits per heavy atom. The van der Waals surface area contributed by atoms with Crippen molar-refractivity contribution in [2.75, 3.05) is 13.4 Å². The summed E-state index contributed by atoms with van der Waals surface area (Å²) in [6.45, 7) is 6.96.